The summed E-state index contributed by atoms with van der Waals surface area (Å²) in [6.45, 7) is 5.76. The number of anilines is 1. The summed E-state index contributed by atoms with van der Waals surface area (Å²) in [5.41, 5.74) is 2.00. The van der Waals surface area contributed by atoms with Gasteiger partial charge in [0.2, 0.25) is 5.91 Å². The van der Waals surface area contributed by atoms with E-state index in [1.807, 2.05) is 12.1 Å². The molecule has 1 aromatic rings. The van der Waals surface area contributed by atoms with Gasteiger partial charge in [0.15, 0.2) is 0 Å². The molecule has 88 valence electrons. The Bertz CT molecular complexity index is 418. The Balaban J connectivity index is 3.27. The number of amides is 1. The van der Waals surface area contributed by atoms with Gasteiger partial charge in [0.1, 0.15) is 0 Å². The minimum absolute atomic E-state index is 0.0649. The SMILES string of the molecule is CC(=O)N(Br)c1ccc(C(C)C)c(Br)c1Br. The summed E-state index contributed by atoms with van der Waals surface area (Å²) in [4.78, 5) is 11.3. The van der Waals surface area contributed by atoms with E-state index in [1.165, 1.54) is 16.4 Å². The fourth-order valence-corrected chi connectivity index (χ4v) is 3.19. The second-order valence-electron chi connectivity index (χ2n) is 3.76. The summed E-state index contributed by atoms with van der Waals surface area (Å²) < 4.78 is 3.31. The van der Waals surface area contributed by atoms with E-state index in [0.29, 0.717) is 5.92 Å². The number of halogens is 3. The minimum atomic E-state index is -0.0649. The van der Waals surface area contributed by atoms with Crippen molar-refractivity contribution in [2.24, 2.45) is 0 Å². The average molecular weight is 414 g/mol. The monoisotopic (exact) mass is 411 g/mol. The summed E-state index contributed by atoms with van der Waals surface area (Å²) in [5.74, 6) is 0.366. The van der Waals surface area contributed by atoms with Crippen molar-refractivity contribution in [2.75, 3.05) is 3.93 Å². The molecule has 0 aliphatic heterocycles. The highest BCUT2D eigenvalue weighted by atomic mass is 79.9. The van der Waals surface area contributed by atoms with Crippen molar-refractivity contribution in [1.82, 2.24) is 0 Å². The Morgan fingerprint density at radius 2 is 1.81 bits per heavy atom. The van der Waals surface area contributed by atoms with Gasteiger partial charge in [0.25, 0.3) is 0 Å². The minimum Gasteiger partial charge on any atom is -0.274 e. The van der Waals surface area contributed by atoms with Crippen LogP contribution in [0.3, 0.4) is 0 Å². The quantitative estimate of drug-likeness (QED) is 0.625. The van der Waals surface area contributed by atoms with Crippen molar-refractivity contribution in [3.63, 3.8) is 0 Å². The molecule has 0 unspecified atom stereocenters. The lowest BCUT2D eigenvalue weighted by Gasteiger charge is -2.18. The van der Waals surface area contributed by atoms with Gasteiger partial charge < -0.3 is 0 Å². The molecule has 1 aromatic carbocycles. The maximum Gasteiger partial charge on any atom is 0.234 e. The third-order valence-corrected chi connectivity index (χ3v) is 5.27. The third kappa shape index (κ3) is 2.87. The zero-order chi connectivity index (χ0) is 12.5. The number of carbonyl (C=O) groups is 1. The van der Waals surface area contributed by atoms with E-state index >= 15 is 0 Å². The van der Waals surface area contributed by atoms with Gasteiger partial charge in [0, 0.05) is 11.4 Å². The summed E-state index contributed by atoms with van der Waals surface area (Å²) in [7, 11) is 0. The molecule has 0 saturated carbocycles. The Labute approximate surface area is 121 Å². The van der Waals surface area contributed by atoms with Crippen LogP contribution >= 0.6 is 48.0 Å². The van der Waals surface area contributed by atoms with Gasteiger partial charge in [-0.3, -0.25) is 4.79 Å². The number of nitrogens with zero attached hydrogens (tertiary/aromatic N) is 1. The summed E-state index contributed by atoms with van der Waals surface area (Å²) >= 11 is 10.3. The second-order valence-corrected chi connectivity index (χ2v) is 6.05. The van der Waals surface area contributed by atoms with Crippen LogP contribution < -0.4 is 3.93 Å². The topological polar surface area (TPSA) is 20.3 Å². The lowest BCUT2D eigenvalue weighted by molar-refractivity contribution is -0.115. The van der Waals surface area contributed by atoms with E-state index in [9.17, 15) is 4.79 Å². The number of rotatable bonds is 2. The van der Waals surface area contributed by atoms with Crippen LogP contribution in [-0.2, 0) is 4.79 Å². The predicted molar refractivity (Wildman–Crippen MR) is 78.0 cm³/mol. The van der Waals surface area contributed by atoms with E-state index in [1.54, 1.807) is 0 Å². The van der Waals surface area contributed by atoms with Crippen LogP contribution in [0.1, 0.15) is 32.3 Å². The molecule has 0 aliphatic carbocycles. The fraction of sp³-hybridized carbons (Fsp3) is 0.364. The first kappa shape index (κ1) is 14.2. The van der Waals surface area contributed by atoms with Crippen LogP contribution in [0.5, 0.6) is 0 Å². The lowest BCUT2D eigenvalue weighted by Crippen LogP contribution is -2.16. The summed E-state index contributed by atoms with van der Waals surface area (Å²) in [6, 6.07) is 3.94. The van der Waals surface area contributed by atoms with Crippen LogP contribution in [-0.4, -0.2) is 5.91 Å². The Hall–Kier alpha value is 0.130. The molecule has 16 heavy (non-hydrogen) atoms. The molecule has 0 spiro atoms. The second kappa shape index (κ2) is 5.65. The summed E-state index contributed by atoms with van der Waals surface area (Å²) in [5, 5.41) is 0. The molecule has 0 bridgehead atoms. The van der Waals surface area contributed by atoms with E-state index < -0.39 is 0 Å². The average Bonchev–Trinajstić information content (AvgIpc) is 2.20. The van der Waals surface area contributed by atoms with E-state index in [-0.39, 0.29) is 5.91 Å². The highest BCUT2D eigenvalue weighted by Gasteiger charge is 2.16. The van der Waals surface area contributed by atoms with Crippen LogP contribution in [0.2, 0.25) is 0 Å². The molecule has 0 atom stereocenters. The first-order valence-corrected chi connectivity index (χ1v) is 7.10. The molecule has 5 heteroatoms. The molecule has 0 aliphatic rings. The van der Waals surface area contributed by atoms with Crippen molar-refractivity contribution in [3.8, 4) is 0 Å². The largest absolute Gasteiger partial charge is 0.274 e. The third-order valence-electron chi connectivity index (χ3n) is 2.20. The standard InChI is InChI=1S/C11H12Br3NO/c1-6(2)8-4-5-9(11(13)10(8)12)15(14)7(3)16/h4-6H,1-3H3. The first-order chi connectivity index (χ1) is 7.36. The summed E-state index contributed by atoms with van der Waals surface area (Å²) in [6.07, 6.45) is 0. The zero-order valence-corrected chi connectivity index (χ0v) is 14.0. The van der Waals surface area contributed by atoms with E-state index in [2.05, 4.69) is 61.9 Å². The van der Waals surface area contributed by atoms with Gasteiger partial charge in [-0.05, 0) is 49.4 Å². The number of benzene rings is 1. The van der Waals surface area contributed by atoms with Crippen molar-refractivity contribution in [2.45, 2.75) is 26.7 Å². The van der Waals surface area contributed by atoms with Gasteiger partial charge in [-0.1, -0.05) is 19.9 Å². The zero-order valence-electron chi connectivity index (χ0n) is 9.22. The normalized spacial score (nSPS) is 10.7. The predicted octanol–water partition coefficient (Wildman–Crippen LogP) is 5.00. The number of carbonyl (C=O) groups excluding carboxylic acids is 1. The van der Waals surface area contributed by atoms with Crippen LogP contribution in [0.15, 0.2) is 21.1 Å². The molecular formula is C11H12Br3NO. The van der Waals surface area contributed by atoms with E-state index in [0.717, 1.165) is 14.6 Å². The van der Waals surface area contributed by atoms with Crippen LogP contribution in [0, 0.1) is 0 Å². The molecule has 0 fully saturated rings. The highest BCUT2D eigenvalue weighted by molar-refractivity contribution is 9.13. The van der Waals surface area contributed by atoms with E-state index in [4.69, 9.17) is 0 Å². The maximum absolute atomic E-state index is 11.3. The molecule has 1 rings (SSSR count). The Kier molecular flexibility index (Phi) is 5.01. The van der Waals surface area contributed by atoms with Crippen molar-refractivity contribution >= 4 is 59.6 Å². The molecule has 0 saturated heterocycles. The molecule has 0 N–H and O–H groups in total. The lowest BCUT2D eigenvalue weighted by atomic mass is 10.0. The molecule has 0 heterocycles. The number of hydrogen-bond donors (Lipinski definition) is 0. The molecule has 2 nitrogen and oxygen atoms in total. The van der Waals surface area contributed by atoms with Gasteiger partial charge in [-0.2, -0.15) is 0 Å². The van der Waals surface area contributed by atoms with Gasteiger partial charge in [0.05, 0.1) is 26.3 Å². The van der Waals surface area contributed by atoms with Gasteiger partial charge >= 0.3 is 0 Å². The molecule has 0 aromatic heterocycles. The van der Waals surface area contributed by atoms with Crippen molar-refractivity contribution in [3.05, 3.63) is 26.6 Å². The molecule has 1 amide bonds. The van der Waals surface area contributed by atoms with Gasteiger partial charge in [-0.15, -0.1) is 0 Å². The fourth-order valence-electron chi connectivity index (χ4n) is 1.32. The van der Waals surface area contributed by atoms with Crippen LogP contribution in [0.25, 0.3) is 0 Å². The Morgan fingerprint density at radius 1 is 1.25 bits per heavy atom. The molecule has 0 radical (unpaired) electrons. The van der Waals surface area contributed by atoms with Gasteiger partial charge in [-0.25, -0.2) is 3.93 Å². The first-order valence-electron chi connectivity index (χ1n) is 4.80. The van der Waals surface area contributed by atoms with Crippen LogP contribution in [0.4, 0.5) is 5.69 Å². The highest BCUT2D eigenvalue weighted by Crippen LogP contribution is 2.39. The Morgan fingerprint density at radius 3 is 2.25 bits per heavy atom. The smallest absolute Gasteiger partial charge is 0.234 e. The van der Waals surface area contributed by atoms with Crippen molar-refractivity contribution < 1.29 is 4.79 Å². The molecular weight excluding hydrogens is 402 g/mol. The maximum atomic E-state index is 11.3. The van der Waals surface area contributed by atoms with Crippen molar-refractivity contribution in [1.29, 1.82) is 0 Å². The number of hydrogen-bond acceptors (Lipinski definition) is 1.